The fourth-order valence-electron chi connectivity index (χ4n) is 2.52. The van der Waals surface area contributed by atoms with Gasteiger partial charge in [-0.2, -0.15) is 0 Å². The third-order valence-corrected chi connectivity index (χ3v) is 3.27. The quantitative estimate of drug-likeness (QED) is 0.558. The molecular formula is C15H17FO. The number of carbonyl (C=O) groups is 1. The number of rotatable bonds is 2. The standard InChI is InChI=1S/C15H17FO/c1-11(2)10-15(16)9-5-7-12-6-3-4-8-13(12)14(15)17/h3-4,6,8H,1,5,7,9-10H2,2H3/t15-/m1/s1. The van der Waals surface area contributed by atoms with E-state index in [1.54, 1.807) is 19.1 Å². The van der Waals surface area contributed by atoms with Crippen LogP contribution in [0.25, 0.3) is 0 Å². The molecule has 0 saturated carbocycles. The van der Waals surface area contributed by atoms with Crippen LogP contribution in [0.4, 0.5) is 4.39 Å². The van der Waals surface area contributed by atoms with Gasteiger partial charge < -0.3 is 0 Å². The molecule has 1 nitrogen and oxygen atoms in total. The Morgan fingerprint density at radius 3 is 2.88 bits per heavy atom. The lowest BCUT2D eigenvalue weighted by Gasteiger charge is -2.22. The Hall–Kier alpha value is -1.44. The molecule has 1 atom stereocenters. The van der Waals surface area contributed by atoms with Crippen molar-refractivity contribution >= 4 is 5.78 Å². The maximum Gasteiger partial charge on any atom is 0.200 e. The average Bonchev–Trinajstić information content (AvgIpc) is 2.38. The lowest BCUT2D eigenvalue weighted by Crippen LogP contribution is -2.33. The smallest absolute Gasteiger partial charge is 0.200 e. The van der Waals surface area contributed by atoms with E-state index in [1.165, 1.54) is 0 Å². The first-order valence-electron chi connectivity index (χ1n) is 5.99. The average molecular weight is 232 g/mol. The van der Waals surface area contributed by atoms with Crippen molar-refractivity contribution in [2.75, 3.05) is 0 Å². The van der Waals surface area contributed by atoms with Gasteiger partial charge >= 0.3 is 0 Å². The second-order valence-corrected chi connectivity index (χ2v) is 4.94. The number of hydrogen-bond acceptors (Lipinski definition) is 1. The third-order valence-electron chi connectivity index (χ3n) is 3.27. The van der Waals surface area contributed by atoms with Gasteiger partial charge in [-0.05, 0) is 31.7 Å². The number of aryl methyl sites for hydroxylation is 1. The predicted octanol–water partition coefficient (Wildman–Crippen LogP) is 3.88. The highest BCUT2D eigenvalue weighted by Crippen LogP contribution is 2.34. The number of hydrogen-bond donors (Lipinski definition) is 0. The normalized spacial score (nSPS) is 24.0. The van der Waals surface area contributed by atoms with Gasteiger partial charge in [0, 0.05) is 12.0 Å². The molecule has 0 radical (unpaired) electrons. The van der Waals surface area contributed by atoms with E-state index in [4.69, 9.17) is 0 Å². The van der Waals surface area contributed by atoms with Crippen molar-refractivity contribution in [3.63, 3.8) is 0 Å². The van der Waals surface area contributed by atoms with Crippen LogP contribution in [0.3, 0.4) is 0 Å². The molecule has 0 aliphatic heterocycles. The molecule has 0 unspecified atom stereocenters. The summed E-state index contributed by atoms with van der Waals surface area (Å²) in [4.78, 5) is 12.3. The van der Waals surface area contributed by atoms with Crippen LogP contribution in [0.5, 0.6) is 0 Å². The Labute approximate surface area is 101 Å². The van der Waals surface area contributed by atoms with Crippen LogP contribution in [0.1, 0.15) is 42.1 Å². The summed E-state index contributed by atoms with van der Waals surface area (Å²) in [5.41, 5.74) is 0.492. The Morgan fingerprint density at radius 2 is 2.18 bits per heavy atom. The first kappa shape index (κ1) is 12.0. The number of alkyl halides is 1. The summed E-state index contributed by atoms with van der Waals surface area (Å²) in [5, 5.41) is 0. The van der Waals surface area contributed by atoms with Crippen LogP contribution in [-0.4, -0.2) is 11.5 Å². The molecule has 2 rings (SSSR count). The molecule has 17 heavy (non-hydrogen) atoms. The Balaban J connectivity index is 2.41. The molecule has 90 valence electrons. The number of ketones is 1. The first-order chi connectivity index (χ1) is 8.03. The molecule has 1 aliphatic rings. The molecule has 0 aromatic heterocycles. The number of benzene rings is 1. The highest BCUT2D eigenvalue weighted by molar-refractivity contribution is 6.04. The molecule has 2 heteroatoms. The van der Waals surface area contributed by atoms with Crippen molar-refractivity contribution in [1.82, 2.24) is 0 Å². The fraction of sp³-hybridized carbons (Fsp3) is 0.400. The number of Topliss-reactive ketones (excluding diaryl/α,β-unsaturated/α-hetero) is 1. The summed E-state index contributed by atoms with van der Waals surface area (Å²) in [6.07, 6.45) is 1.93. The maximum atomic E-state index is 14.7. The Kier molecular flexibility index (Phi) is 3.14. The Morgan fingerprint density at radius 1 is 1.47 bits per heavy atom. The van der Waals surface area contributed by atoms with Crippen molar-refractivity contribution in [1.29, 1.82) is 0 Å². The zero-order valence-electron chi connectivity index (χ0n) is 10.1. The number of fused-ring (bicyclic) bond motifs is 1. The van der Waals surface area contributed by atoms with Crippen LogP contribution in [0.15, 0.2) is 36.4 Å². The molecule has 0 N–H and O–H groups in total. The van der Waals surface area contributed by atoms with E-state index in [2.05, 4.69) is 6.58 Å². The van der Waals surface area contributed by atoms with E-state index < -0.39 is 5.67 Å². The van der Waals surface area contributed by atoms with Gasteiger partial charge in [0.15, 0.2) is 5.67 Å². The summed E-state index contributed by atoms with van der Waals surface area (Å²) in [6.45, 7) is 5.49. The zero-order valence-corrected chi connectivity index (χ0v) is 10.1. The minimum atomic E-state index is -1.75. The van der Waals surface area contributed by atoms with Crippen molar-refractivity contribution in [2.24, 2.45) is 0 Å². The number of halogens is 1. The summed E-state index contributed by atoms with van der Waals surface area (Å²) < 4.78 is 14.7. The summed E-state index contributed by atoms with van der Waals surface area (Å²) in [5.74, 6) is -0.367. The minimum absolute atomic E-state index is 0.139. The maximum absolute atomic E-state index is 14.7. The van der Waals surface area contributed by atoms with E-state index in [1.807, 2.05) is 12.1 Å². The van der Waals surface area contributed by atoms with Gasteiger partial charge in [-0.1, -0.05) is 29.8 Å². The molecule has 0 saturated heterocycles. The van der Waals surface area contributed by atoms with E-state index >= 15 is 0 Å². The topological polar surface area (TPSA) is 17.1 Å². The van der Waals surface area contributed by atoms with Crippen molar-refractivity contribution < 1.29 is 9.18 Å². The molecule has 0 fully saturated rings. The second-order valence-electron chi connectivity index (χ2n) is 4.94. The van der Waals surface area contributed by atoms with E-state index in [-0.39, 0.29) is 12.2 Å². The molecule has 0 amide bonds. The molecule has 1 aliphatic carbocycles. The molecule has 1 aromatic carbocycles. The zero-order chi connectivity index (χ0) is 12.5. The van der Waals surface area contributed by atoms with Crippen molar-refractivity contribution in [3.8, 4) is 0 Å². The molecular weight excluding hydrogens is 215 g/mol. The molecule has 0 bridgehead atoms. The van der Waals surface area contributed by atoms with Gasteiger partial charge in [0.05, 0.1) is 0 Å². The lowest BCUT2D eigenvalue weighted by atomic mass is 9.87. The van der Waals surface area contributed by atoms with Gasteiger partial charge in [0.2, 0.25) is 5.78 Å². The summed E-state index contributed by atoms with van der Waals surface area (Å²) in [7, 11) is 0. The van der Waals surface area contributed by atoms with Crippen LogP contribution in [-0.2, 0) is 6.42 Å². The number of carbonyl (C=O) groups excluding carboxylic acids is 1. The first-order valence-corrected chi connectivity index (χ1v) is 5.99. The largest absolute Gasteiger partial charge is 0.291 e. The SMILES string of the molecule is C=C(C)C[C@]1(F)CCCc2ccccc2C1=O. The van der Waals surface area contributed by atoms with Crippen LogP contribution < -0.4 is 0 Å². The minimum Gasteiger partial charge on any atom is -0.291 e. The molecule has 0 heterocycles. The summed E-state index contributed by atoms with van der Waals surface area (Å²) >= 11 is 0. The monoisotopic (exact) mass is 232 g/mol. The lowest BCUT2D eigenvalue weighted by molar-refractivity contribution is 0.0663. The van der Waals surface area contributed by atoms with Crippen LogP contribution >= 0.6 is 0 Å². The fourth-order valence-corrected chi connectivity index (χ4v) is 2.52. The van der Waals surface area contributed by atoms with Crippen LogP contribution in [0.2, 0.25) is 0 Å². The van der Waals surface area contributed by atoms with E-state index in [0.717, 1.165) is 17.6 Å². The van der Waals surface area contributed by atoms with Crippen molar-refractivity contribution in [2.45, 2.75) is 38.3 Å². The van der Waals surface area contributed by atoms with Gasteiger partial charge in [-0.15, -0.1) is 6.58 Å². The number of allylic oxidation sites excluding steroid dienone is 1. The van der Waals surface area contributed by atoms with Gasteiger partial charge in [-0.3, -0.25) is 4.79 Å². The van der Waals surface area contributed by atoms with E-state index in [0.29, 0.717) is 18.4 Å². The van der Waals surface area contributed by atoms with E-state index in [9.17, 15) is 9.18 Å². The Bertz CT molecular complexity index is 464. The molecule has 1 aromatic rings. The third kappa shape index (κ3) is 2.31. The second kappa shape index (κ2) is 4.44. The highest BCUT2D eigenvalue weighted by Gasteiger charge is 2.40. The summed E-state index contributed by atoms with van der Waals surface area (Å²) in [6, 6.07) is 7.34. The van der Waals surface area contributed by atoms with Crippen LogP contribution in [0, 0.1) is 0 Å². The van der Waals surface area contributed by atoms with Gasteiger partial charge in [0.25, 0.3) is 0 Å². The van der Waals surface area contributed by atoms with Crippen molar-refractivity contribution in [3.05, 3.63) is 47.5 Å². The predicted molar refractivity (Wildman–Crippen MR) is 67.0 cm³/mol. The highest BCUT2D eigenvalue weighted by atomic mass is 19.1. The molecule has 0 spiro atoms. The van der Waals surface area contributed by atoms with Gasteiger partial charge in [-0.25, -0.2) is 4.39 Å². The van der Waals surface area contributed by atoms with Gasteiger partial charge in [0.1, 0.15) is 0 Å².